The first-order valence-corrected chi connectivity index (χ1v) is 8.16. The number of aromatic nitrogens is 1. The summed E-state index contributed by atoms with van der Waals surface area (Å²) in [6, 6.07) is 3.21. The monoisotopic (exact) mass is 355 g/mol. The molecule has 1 aromatic rings. The van der Waals surface area contributed by atoms with Crippen LogP contribution in [0.5, 0.6) is 0 Å². The van der Waals surface area contributed by atoms with Gasteiger partial charge in [0.25, 0.3) is 16.0 Å². The zero-order chi connectivity index (χ0) is 14.3. The molecule has 4 nitrogen and oxygen atoms in total. The van der Waals surface area contributed by atoms with Crippen LogP contribution in [-0.2, 0) is 14.3 Å². The lowest BCUT2D eigenvalue weighted by Gasteiger charge is -2.15. The number of hydrogen-bond donors (Lipinski definition) is 0. The Morgan fingerprint density at radius 3 is 2.63 bits per heavy atom. The Bertz CT molecular complexity index is 562. The van der Waals surface area contributed by atoms with E-state index in [9.17, 15) is 17.2 Å². The third-order valence-corrected chi connectivity index (χ3v) is 3.88. The highest BCUT2D eigenvalue weighted by atomic mass is 79.9. The normalized spacial score (nSPS) is 23.1. The molecule has 0 spiro atoms. The molecule has 19 heavy (non-hydrogen) atoms. The fourth-order valence-electron chi connectivity index (χ4n) is 1.78. The van der Waals surface area contributed by atoms with Crippen molar-refractivity contribution in [1.29, 1.82) is 0 Å². The second-order valence-corrected chi connectivity index (χ2v) is 7.10. The van der Waals surface area contributed by atoms with Gasteiger partial charge < -0.3 is 0 Å². The summed E-state index contributed by atoms with van der Waals surface area (Å²) in [6.07, 6.45) is 1.10. The Kier molecular flexibility index (Phi) is 3.95. The smallest absolute Gasteiger partial charge is 0.260 e. The number of pyridine rings is 1. The molecule has 0 amide bonds. The average molecular weight is 356 g/mol. The average Bonchev–Trinajstić information content (AvgIpc) is 2.84. The van der Waals surface area contributed by atoms with Gasteiger partial charge in [-0.05, 0) is 34.5 Å². The van der Waals surface area contributed by atoms with Crippen molar-refractivity contribution >= 4 is 26.0 Å². The Balaban J connectivity index is 2.16. The summed E-state index contributed by atoms with van der Waals surface area (Å²) < 4.78 is 53.9. The Morgan fingerprint density at radius 1 is 1.58 bits per heavy atom. The van der Waals surface area contributed by atoms with E-state index >= 15 is 0 Å². The lowest BCUT2D eigenvalue weighted by Crippen LogP contribution is -2.13. The van der Waals surface area contributed by atoms with Crippen molar-refractivity contribution in [2.24, 2.45) is 5.92 Å². The van der Waals surface area contributed by atoms with Crippen molar-refractivity contribution in [2.75, 3.05) is 6.26 Å². The minimum Gasteiger partial charge on any atom is -0.260 e. The van der Waals surface area contributed by atoms with Crippen molar-refractivity contribution in [2.45, 2.75) is 24.9 Å². The molecule has 0 bridgehead atoms. The van der Waals surface area contributed by atoms with Gasteiger partial charge in [-0.1, -0.05) is 0 Å². The molecule has 8 heteroatoms. The predicted octanol–water partition coefficient (Wildman–Crippen LogP) is 2.91. The highest BCUT2D eigenvalue weighted by Gasteiger charge is 2.57. The molecule has 0 radical (unpaired) electrons. The molecule has 0 aromatic carbocycles. The van der Waals surface area contributed by atoms with E-state index in [1.54, 1.807) is 12.1 Å². The van der Waals surface area contributed by atoms with Crippen LogP contribution in [-0.4, -0.2) is 25.6 Å². The topological polar surface area (TPSA) is 56.3 Å². The van der Waals surface area contributed by atoms with Crippen LogP contribution in [0.2, 0.25) is 0 Å². The van der Waals surface area contributed by atoms with Crippen LogP contribution in [0.15, 0.2) is 22.8 Å². The van der Waals surface area contributed by atoms with E-state index in [0.29, 0.717) is 10.2 Å². The molecule has 0 N–H and O–H groups in total. The summed E-state index contributed by atoms with van der Waals surface area (Å²) in [6.45, 7) is 0. The highest BCUT2D eigenvalue weighted by Crippen LogP contribution is 2.53. The van der Waals surface area contributed by atoms with E-state index < -0.39 is 28.1 Å². The van der Waals surface area contributed by atoms with Crippen molar-refractivity contribution in [3.63, 3.8) is 0 Å². The summed E-state index contributed by atoms with van der Waals surface area (Å²) in [5, 5.41) is 0. The summed E-state index contributed by atoms with van der Waals surface area (Å²) in [4.78, 5) is 4.01. The molecule has 2 atom stereocenters. The predicted molar refractivity (Wildman–Crippen MR) is 68.3 cm³/mol. The minimum absolute atomic E-state index is 0.0608. The van der Waals surface area contributed by atoms with Gasteiger partial charge >= 0.3 is 0 Å². The second kappa shape index (κ2) is 5.06. The van der Waals surface area contributed by atoms with Gasteiger partial charge in [0.1, 0.15) is 6.10 Å². The maximum atomic E-state index is 12.9. The first-order chi connectivity index (χ1) is 8.67. The third kappa shape index (κ3) is 4.19. The number of hydrogen-bond acceptors (Lipinski definition) is 4. The summed E-state index contributed by atoms with van der Waals surface area (Å²) >= 11 is 3.20. The third-order valence-electron chi connectivity index (χ3n) is 2.83. The fourth-order valence-corrected chi connectivity index (χ4v) is 2.62. The van der Waals surface area contributed by atoms with Gasteiger partial charge in [0.15, 0.2) is 0 Å². The van der Waals surface area contributed by atoms with E-state index in [0.717, 1.165) is 6.26 Å². The van der Waals surface area contributed by atoms with Crippen LogP contribution in [0, 0.1) is 5.92 Å². The van der Waals surface area contributed by atoms with Crippen molar-refractivity contribution in [3.8, 4) is 0 Å². The van der Waals surface area contributed by atoms with Gasteiger partial charge in [-0.15, -0.1) is 0 Å². The summed E-state index contributed by atoms with van der Waals surface area (Å²) in [5.74, 6) is -3.56. The quantitative estimate of drug-likeness (QED) is 0.762. The van der Waals surface area contributed by atoms with Crippen LogP contribution in [0.1, 0.15) is 24.6 Å². The molecule has 0 saturated heterocycles. The molecule has 1 fully saturated rings. The van der Waals surface area contributed by atoms with Crippen LogP contribution in [0.4, 0.5) is 8.78 Å². The minimum atomic E-state index is -3.73. The molecule has 2 unspecified atom stereocenters. The van der Waals surface area contributed by atoms with Crippen LogP contribution in [0.3, 0.4) is 0 Å². The maximum Gasteiger partial charge on any atom is 0.265 e. The second-order valence-electron chi connectivity index (χ2n) is 4.59. The van der Waals surface area contributed by atoms with Crippen molar-refractivity contribution in [3.05, 3.63) is 28.5 Å². The number of rotatable bonds is 5. The summed E-state index contributed by atoms with van der Waals surface area (Å²) in [7, 11) is -3.73. The molecule has 1 aromatic heterocycles. The molecule has 1 saturated carbocycles. The van der Waals surface area contributed by atoms with Crippen LogP contribution in [0.25, 0.3) is 0 Å². The molecule has 1 aliphatic carbocycles. The molecule has 106 valence electrons. The molecule has 0 aliphatic heterocycles. The highest BCUT2D eigenvalue weighted by molar-refractivity contribution is 9.10. The van der Waals surface area contributed by atoms with E-state index in [2.05, 4.69) is 20.9 Å². The van der Waals surface area contributed by atoms with E-state index in [4.69, 9.17) is 4.18 Å². The summed E-state index contributed by atoms with van der Waals surface area (Å²) in [5.41, 5.74) is 0.330. The lowest BCUT2D eigenvalue weighted by atomic mass is 10.1. The fraction of sp³-hybridized carbons (Fsp3) is 0.545. The van der Waals surface area contributed by atoms with Crippen LogP contribution >= 0.6 is 15.9 Å². The van der Waals surface area contributed by atoms with Gasteiger partial charge in [0.2, 0.25) is 0 Å². The van der Waals surface area contributed by atoms with Gasteiger partial charge in [-0.25, -0.2) is 8.78 Å². The molecule has 1 heterocycles. The van der Waals surface area contributed by atoms with Gasteiger partial charge in [0.05, 0.1) is 11.9 Å². The Labute approximate surface area is 118 Å². The Hall–Kier alpha value is -0.600. The number of alkyl halides is 2. The van der Waals surface area contributed by atoms with E-state index in [1.807, 2.05) is 0 Å². The first-order valence-electron chi connectivity index (χ1n) is 5.55. The standard InChI is InChI=1S/C11H12BrF2NO3S/c1-19(16,17)18-10(4-7-5-11(7,13)14)9-3-2-8(12)6-15-9/h2-3,6-7,10H,4-5H2,1H3. The maximum absolute atomic E-state index is 12.9. The van der Waals surface area contributed by atoms with Crippen LogP contribution < -0.4 is 0 Å². The van der Waals surface area contributed by atoms with Gasteiger partial charge in [-0.3, -0.25) is 9.17 Å². The molecule has 1 aliphatic rings. The number of halogens is 3. The number of nitrogens with zero attached hydrogens (tertiary/aromatic N) is 1. The van der Waals surface area contributed by atoms with E-state index in [-0.39, 0.29) is 12.8 Å². The molecular formula is C11H12BrF2NO3S. The Morgan fingerprint density at radius 2 is 2.21 bits per heavy atom. The van der Waals surface area contributed by atoms with Crippen molar-refractivity contribution in [1.82, 2.24) is 4.98 Å². The molecular weight excluding hydrogens is 344 g/mol. The zero-order valence-corrected chi connectivity index (χ0v) is 12.4. The first kappa shape index (κ1) is 14.8. The van der Waals surface area contributed by atoms with Gasteiger partial charge in [0, 0.05) is 23.0 Å². The lowest BCUT2D eigenvalue weighted by molar-refractivity contribution is 0.0825. The molecule has 2 rings (SSSR count). The zero-order valence-electron chi connectivity index (χ0n) is 10.0. The van der Waals surface area contributed by atoms with Gasteiger partial charge in [-0.2, -0.15) is 8.42 Å². The van der Waals surface area contributed by atoms with Crippen molar-refractivity contribution < 1.29 is 21.4 Å². The largest absolute Gasteiger partial charge is 0.265 e. The SMILES string of the molecule is CS(=O)(=O)OC(CC1CC1(F)F)c1ccc(Br)cn1. The van der Waals surface area contributed by atoms with E-state index in [1.165, 1.54) is 6.20 Å².